The van der Waals surface area contributed by atoms with Crippen LogP contribution in [0.25, 0.3) is 0 Å². The van der Waals surface area contributed by atoms with Crippen LogP contribution in [0.15, 0.2) is 64.2 Å². The lowest BCUT2D eigenvalue weighted by Crippen LogP contribution is -2.32. The Kier molecular flexibility index (Phi) is 9.90. The first-order valence-corrected chi connectivity index (χ1v) is 12.2. The summed E-state index contributed by atoms with van der Waals surface area (Å²) in [4.78, 5) is 36.3. The number of hydrogen-bond donors (Lipinski definition) is 3. The van der Waals surface area contributed by atoms with Gasteiger partial charge in [-0.3, -0.25) is 14.4 Å². The Labute approximate surface area is 231 Å². The van der Waals surface area contributed by atoms with Gasteiger partial charge in [0, 0.05) is 21.4 Å². The molecule has 3 aromatic carbocycles. The first-order chi connectivity index (χ1) is 17.7. The van der Waals surface area contributed by atoms with E-state index in [1.807, 2.05) is 6.92 Å². The Morgan fingerprint density at radius 1 is 1.00 bits per heavy atom. The second-order valence-electron chi connectivity index (χ2n) is 7.50. The summed E-state index contributed by atoms with van der Waals surface area (Å²) in [7, 11) is 1.44. The second-order valence-corrected chi connectivity index (χ2v) is 9.20. The Balaban J connectivity index is 1.58. The highest BCUT2D eigenvalue weighted by Crippen LogP contribution is 2.36. The average molecular weight is 608 g/mol. The number of nitrogens with one attached hydrogen (secondary N) is 3. The number of rotatable bonds is 8. The molecule has 0 saturated carbocycles. The van der Waals surface area contributed by atoms with E-state index in [1.165, 1.54) is 19.4 Å². The molecule has 0 aliphatic carbocycles. The van der Waals surface area contributed by atoms with Crippen LogP contribution in [0.2, 0.25) is 10.0 Å². The number of hydrazone groups is 1. The van der Waals surface area contributed by atoms with E-state index < -0.39 is 17.7 Å². The fraction of sp³-hybridized carbons (Fsp3) is 0.120. The van der Waals surface area contributed by atoms with Gasteiger partial charge in [-0.05, 0) is 76.4 Å². The normalized spacial score (nSPS) is 10.6. The molecule has 9 nitrogen and oxygen atoms in total. The van der Waals surface area contributed by atoms with Crippen LogP contribution in [-0.2, 0) is 14.4 Å². The van der Waals surface area contributed by atoms with Crippen LogP contribution in [0.4, 0.5) is 11.4 Å². The minimum absolute atomic E-state index is 0.286. The van der Waals surface area contributed by atoms with E-state index in [-0.39, 0.29) is 6.61 Å². The molecule has 0 unspecified atom stereocenters. The molecular formula is C25H21BrCl2N4O5. The van der Waals surface area contributed by atoms with Crippen LogP contribution in [0.1, 0.15) is 11.1 Å². The van der Waals surface area contributed by atoms with Crippen LogP contribution < -0.4 is 25.5 Å². The maximum Gasteiger partial charge on any atom is 0.329 e. The molecule has 0 aliphatic heterocycles. The third kappa shape index (κ3) is 8.21. The lowest BCUT2D eigenvalue weighted by Gasteiger charge is -2.13. The SMILES string of the molecule is COc1cc(/C=N\NC(=O)C(=O)Nc2cccc(Cl)c2)cc(Br)c1OCC(=O)Nc1ccc(C)c(Cl)c1. The van der Waals surface area contributed by atoms with Crippen molar-refractivity contribution in [2.75, 3.05) is 24.4 Å². The Morgan fingerprint density at radius 2 is 1.76 bits per heavy atom. The van der Waals surface area contributed by atoms with E-state index in [9.17, 15) is 14.4 Å². The smallest absolute Gasteiger partial charge is 0.329 e. The van der Waals surface area contributed by atoms with Crippen molar-refractivity contribution in [2.24, 2.45) is 5.10 Å². The van der Waals surface area contributed by atoms with Crippen molar-refractivity contribution < 1.29 is 23.9 Å². The number of carbonyl (C=O) groups is 3. The summed E-state index contributed by atoms with van der Waals surface area (Å²) in [5.74, 6) is -1.66. The molecule has 0 bridgehead atoms. The van der Waals surface area contributed by atoms with Crippen LogP contribution >= 0.6 is 39.1 Å². The molecule has 0 atom stereocenters. The van der Waals surface area contributed by atoms with Crippen molar-refractivity contribution >= 4 is 74.4 Å². The minimum atomic E-state index is -0.969. The third-order valence-corrected chi connectivity index (χ3v) is 5.95. The summed E-state index contributed by atoms with van der Waals surface area (Å²) in [6, 6.07) is 14.8. The highest BCUT2D eigenvalue weighted by Gasteiger charge is 2.15. The van der Waals surface area contributed by atoms with Gasteiger partial charge in [0.05, 0.1) is 17.8 Å². The summed E-state index contributed by atoms with van der Waals surface area (Å²) in [6.45, 7) is 1.58. The van der Waals surface area contributed by atoms with Crippen molar-refractivity contribution in [3.05, 3.63) is 80.2 Å². The number of carbonyl (C=O) groups excluding carboxylic acids is 3. The standard InChI is InChI=1S/C25H21BrCl2N4O5/c1-14-6-7-18(11-20(14)28)30-22(33)13-37-23-19(26)8-15(9-21(23)36-2)12-29-32-25(35)24(34)31-17-5-3-4-16(27)10-17/h3-12H,13H2,1-2H3,(H,30,33)(H,31,34)(H,32,35)/b29-12-. The van der Waals surface area contributed by atoms with Crippen molar-refractivity contribution in [2.45, 2.75) is 6.92 Å². The second kappa shape index (κ2) is 13.1. The molecule has 3 aromatic rings. The molecule has 37 heavy (non-hydrogen) atoms. The quantitative estimate of drug-likeness (QED) is 0.185. The predicted octanol–water partition coefficient (Wildman–Crippen LogP) is 5.18. The van der Waals surface area contributed by atoms with Gasteiger partial charge in [-0.25, -0.2) is 5.43 Å². The van der Waals surface area contributed by atoms with E-state index >= 15 is 0 Å². The fourth-order valence-corrected chi connectivity index (χ4v) is 3.88. The zero-order valence-electron chi connectivity index (χ0n) is 19.6. The average Bonchev–Trinajstić information content (AvgIpc) is 2.85. The molecule has 0 aliphatic rings. The topological polar surface area (TPSA) is 118 Å². The molecule has 0 fully saturated rings. The summed E-state index contributed by atoms with van der Waals surface area (Å²) in [5, 5.41) is 9.88. The summed E-state index contributed by atoms with van der Waals surface area (Å²) in [6.07, 6.45) is 1.31. The van der Waals surface area contributed by atoms with Gasteiger partial charge in [0.25, 0.3) is 5.91 Å². The number of benzene rings is 3. The number of hydrogen-bond acceptors (Lipinski definition) is 6. The first kappa shape index (κ1) is 28.0. The zero-order valence-corrected chi connectivity index (χ0v) is 22.7. The molecule has 0 saturated heterocycles. The fourth-order valence-electron chi connectivity index (χ4n) is 2.93. The van der Waals surface area contributed by atoms with E-state index in [0.29, 0.717) is 43.0 Å². The number of methoxy groups -OCH3 is 1. The Morgan fingerprint density at radius 3 is 2.46 bits per heavy atom. The van der Waals surface area contributed by atoms with Crippen molar-refractivity contribution in [3.63, 3.8) is 0 Å². The Bertz CT molecular complexity index is 1370. The number of anilines is 2. The van der Waals surface area contributed by atoms with Gasteiger partial charge >= 0.3 is 11.8 Å². The molecule has 3 N–H and O–H groups in total. The maximum atomic E-state index is 12.3. The van der Waals surface area contributed by atoms with Gasteiger partial charge in [-0.1, -0.05) is 35.3 Å². The van der Waals surface area contributed by atoms with Gasteiger partial charge in [-0.15, -0.1) is 0 Å². The third-order valence-electron chi connectivity index (χ3n) is 4.72. The van der Waals surface area contributed by atoms with E-state index in [0.717, 1.165) is 5.56 Å². The highest BCUT2D eigenvalue weighted by atomic mass is 79.9. The number of halogens is 3. The zero-order chi connectivity index (χ0) is 26.9. The van der Waals surface area contributed by atoms with E-state index in [4.69, 9.17) is 32.7 Å². The van der Waals surface area contributed by atoms with Crippen molar-refractivity contribution in [1.29, 1.82) is 0 Å². The molecule has 192 valence electrons. The van der Waals surface area contributed by atoms with Gasteiger partial charge < -0.3 is 20.1 Å². The molecule has 0 heterocycles. The van der Waals surface area contributed by atoms with Crippen molar-refractivity contribution in [1.82, 2.24) is 5.43 Å². The van der Waals surface area contributed by atoms with Crippen LogP contribution in [0.3, 0.4) is 0 Å². The van der Waals surface area contributed by atoms with Gasteiger partial charge in [0.2, 0.25) is 0 Å². The van der Waals surface area contributed by atoms with Gasteiger partial charge in [0.15, 0.2) is 18.1 Å². The number of amides is 3. The number of aryl methyl sites for hydroxylation is 1. The molecule has 0 radical (unpaired) electrons. The lowest BCUT2D eigenvalue weighted by atomic mass is 10.2. The summed E-state index contributed by atoms with van der Waals surface area (Å²) in [5.41, 5.74) is 4.48. The van der Waals surface area contributed by atoms with Gasteiger partial charge in [-0.2, -0.15) is 5.10 Å². The lowest BCUT2D eigenvalue weighted by molar-refractivity contribution is -0.136. The monoisotopic (exact) mass is 606 g/mol. The van der Waals surface area contributed by atoms with Gasteiger partial charge in [0.1, 0.15) is 0 Å². The van der Waals surface area contributed by atoms with E-state index in [1.54, 1.807) is 48.5 Å². The number of ether oxygens (including phenoxy) is 2. The first-order valence-electron chi connectivity index (χ1n) is 10.6. The number of nitrogens with zero attached hydrogens (tertiary/aromatic N) is 1. The summed E-state index contributed by atoms with van der Waals surface area (Å²) >= 11 is 15.3. The van der Waals surface area contributed by atoms with Crippen LogP contribution in [-0.4, -0.2) is 37.7 Å². The maximum absolute atomic E-state index is 12.3. The largest absolute Gasteiger partial charge is 0.493 e. The van der Waals surface area contributed by atoms with E-state index in [2.05, 4.69) is 37.1 Å². The minimum Gasteiger partial charge on any atom is -0.493 e. The molecule has 12 heteroatoms. The Hall–Kier alpha value is -3.60. The highest BCUT2D eigenvalue weighted by molar-refractivity contribution is 9.10. The van der Waals surface area contributed by atoms with Crippen molar-refractivity contribution in [3.8, 4) is 11.5 Å². The molecular weight excluding hydrogens is 587 g/mol. The molecule has 0 aromatic heterocycles. The molecule has 3 amide bonds. The van der Waals surface area contributed by atoms with Crippen LogP contribution in [0, 0.1) is 6.92 Å². The molecule has 0 spiro atoms. The predicted molar refractivity (Wildman–Crippen MR) is 147 cm³/mol. The van der Waals surface area contributed by atoms with Crippen LogP contribution in [0.5, 0.6) is 11.5 Å². The summed E-state index contributed by atoms with van der Waals surface area (Å²) < 4.78 is 11.5. The molecule has 3 rings (SSSR count).